The largest absolute Gasteiger partial charge is 0.465 e. The molecule has 0 aromatic heterocycles. The fourth-order valence-electron chi connectivity index (χ4n) is 3.10. The maximum Gasteiger partial charge on any atom is 0.320 e. The van der Waals surface area contributed by atoms with Crippen LogP contribution in [0.25, 0.3) is 0 Å². The zero-order valence-electron chi connectivity index (χ0n) is 10.7. The smallest absolute Gasteiger partial charge is 0.320 e. The lowest BCUT2D eigenvalue weighted by Gasteiger charge is -2.22. The van der Waals surface area contributed by atoms with E-state index >= 15 is 0 Å². The van der Waals surface area contributed by atoms with Gasteiger partial charge < -0.3 is 9.47 Å². The molecule has 18 heavy (non-hydrogen) atoms. The van der Waals surface area contributed by atoms with Gasteiger partial charge in [-0.05, 0) is 26.2 Å². The van der Waals surface area contributed by atoms with Crippen molar-refractivity contribution in [3.05, 3.63) is 0 Å². The Balaban J connectivity index is 2.35. The molecule has 0 heterocycles. The van der Waals surface area contributed by atoms with Gasteiger partial charge in [-0.25, -0.2) is 0 Å². The van der Waals surface area contributed by atoms with Gasteiger partial charge in [-0.2, -0.15) is 0 Å². The third-order valence-corrected chi connectivity index (χ3v) is 4.01. The number of Topliss-reactive ketones (excluding diaryl/α,β-unsaturated/α-hetero) is 2. The van der Waals surface area contributed by atoms with E-state index in [1.165, 1.54) is 7.11 Å². The second-order valence-electron chi connectivity index (χ2n) is 4.95. The molecule has 5 heteroatoms. The summed E-state index contributed by atoms with van der Waals surface area (Å²) in [7, 11) is 1.50. The van der Waals surface area contributed by atoms with Crippen molar-refractivity contribution < 1.29 is 23.9 Å². The molecule has 0 spiro atoms. The van der Waals surface area contributed by atoms with E-state index in [9.17, 15) is 14.4 Å². The van der Waals surface area contributed by atoms with Crippen LogP contribution in [0.3, 0.4) is 0 Å². The van der Waals surface area contributed by atoms with Gasteiger partial charge in [-0.15, -0.1) is 0 Å². The van der Waals surface area contributed by atoms with Crippen LogP contribution in [0.2, 0.25) is 0 Å². The number of hydrogen-bond donors (Lipinski definition) is 0. The zero-order valence-corrected chi connectivity index (χ0v) is 10.7. The van der Waals surface area contributed by atoms with Crippen LogP contribution >= 0.6 is 0 Å². The van der Waals surface area contributed by atoms with Gasteiger partial charge in [0.2, 0.25) is 0 Å². The maximum absolute atomic E-state index is 12.4. The number of carbonyl (C=O) groups excluding carboxylic acids is 3. The number of methoxy groups -OCH3 is 1. The Hall–Kier alpha value is -1.23. The van der Waals surface area contributed by atoms with E-state index in [1.54, 1.807) is 6.92 Å². The summed E-state index contributed by atoms with van der Waals surface area (Å²) in [6, 6.07) is 0. The summed E-state index contributed by atoms with van der Waals surface area (Å²) in [5, 5.41) is 0. The van der Waals surface area contributed by atoms with Gasteiger partial charge in [0.25, 0.3) is 0 Å². The second-order valence-corrected chi connectivity index (χ2v) is 4.95. The predicted molar refractivity (Wildman–Crippen MR) is 61.8 cm³/mol. The molecule has 0 aromatic rings. The summed E-state index contributed by atoms with van der Waals surface area (Å²) >= 11 is 0. The summed E-state index contributed by atoms with van der Waals surface area (Å²) < 4.78 is 10.2. The van der Waals surface area contributed by atoms with E-state index in [0.717, 1.165) is 0 Å². The van der Waals surface area contributed by atoms with Crippen molar-refractivity contribution in [1.29, 1.82) is 0 Å². The summed E-state index contributed by atoms with van der Waals surface area (Å²) in [6.07, 6.45) is 1.33. The molecule has 0 aliphatic heterocycles. The van der Waals surface area contributed by atoms with E-state index in [1.807, 2.05) is 0 Å². The maximum atomic E-state index is 12.4. The van der Waals surface area contributed by atoms with Crippen molar-refractivity contribution in [3.63, 3.8) is 0 Å². The van der Waals surface area contributed by atoms with Crippen molar-refractivity contribution in [2.45, 2.75) is 38.7 Å². The minimum absolute atomic E-state index is 0.0187. The van der Waals surface area contributed by atoms with Crippen molar-refractivity contribution in [2.24, 2.45) is 11.3 Å². The summed E-state index contributed by atoms with van der Waals surface area (Å²) in [5.74, 6) is -1.79. The standard InChI is InChI=1S/C13H18O5/c1-3-18-12(16)13-6-4-5-9(17-2)10(11(13)15)8(14)7-13/h9-10H,3-7H2,1-2H3/t9-,10+,13-/m1/s1. The number of ketones is 2. The molecule has 5 nitrogen and oxygen atoms in total. The summed E-state index contributed by atoms with van der Waals surface area (Å²) in [4.78, 5) is 36.5. The Morgan fingerprint density at radius 3 is 2.78 bits per heavy atom. The minimum atomic E-state index is -1.23. The first-order valence-electron chi connectivity index (χ1n) is 6.34. The van der Waals surface area contributed by atoms with Crippen molar-refractivity contribution >= 4 is 17.5 Å². The van der Waals surface area contributed by atoms with Crippen LogP contribution in [0.5, 0.6) is 0 Å². The number of rotatable bonds is 3. The highest BCUT2D eigenvalue weighted by Crippen LogP contribution is 2.46. The highest BCUT2D eigenvalue weighted by molar-refractivity contribution is 6.21. The first-order valence-corrected chi connectivity index (χ1v) is 6.34. The highest BCUT2D eigenvalue weighted by atomic mass is 16.5. The SMILES string of the molecule is CCOC(=O)[C@]12CCC[C@@H](OC)[C@H](C(=O)C1)C2=O. The Kier molecular flexibility index (Phi) is 3.52. The van der Waals surface area contributed by atoms with Crippen LogP contribution in [-0.2, 0) is 23.9 Å². The van der Waals surface area contributed by atoms with Crippen LogP contribution in [0.4, 0.5) is 0 Å². The fourth-order valence-corrected chi connectivity index (χ4v) is 3.10. The van der Waals surface area contributed by atoms with Crippen LogP contribution in [-0.4, -0.2) is 37.4 Å². The quantitative estimate of drug-likeness (QED) is 0.552. The third kappa shape index (κ3) is 1.77. The molecule has 0 aromatic carbocycles. The Labute approximate surface area is 106 Å². The monoisotopic (exact) mass is 254 g/mol. The molecule has 0 unspecified atom stereocenters. The van der Waals surface area contributed by atoms with Crippen molar-refractivity contribution in [2.75, 3.05) is 13.7 Å². The molecule has 100 valence electrons. The molecule has 0 N–H and O–H groups in total. The minimum Gasteiger partial charge on any atom is -0.465 e. The molecule has 0 radical (unpaired) electrons. The summed E-state index contributed by atoms with van der Waals surface area (Å²) in [5.41, 5.74) is -1.23. The zero-order chi connectivity index (χ0) is 13.3. The lowest BCUT2D eigenvalue weighted by Crippen LogP contribution is -2.39. The van der Waals surface area contributed by atoms with Crippen LogP contribution in [0, 0.1) is 11.3 Å². The topological polar surface area (TPSA) is 69.7 Å². The van der Waals surface area contributed by atoms with Gasteiger partial charge in [0, 0.05) is 13.5 Å². The highest BCUT2D eigenvalue weighted by Gasteiger charge is 2.61. The fraction of sp³-hybridized carbons (Fsp3) is 0.769. The first-order chi connectivity index (χ1) is 8.56. The van der Waals surface area contributed by atoms with Gasteiger partial charge in [0.05, 0.1) is 12.7 Å². The number of hydrogen-bond acceptors (Lipinski definition) is 5. The van der Waals surface area contributed by atoms with E-state index < -0.39 is 17.3 Å². The number of fused-ring (bicyclic) bond motifs is 2. The second kappa shape index (κ2) is 4.80. The van der Waals surface area contributed by atoms with E-state index in [-0.39, 0.29) is 30.7 Å². The molecule has 2 bridgehead atoms. The van der Waals surface area contributed by atoms with Gasteiger partial charge in [-0.1, -0.05) is 0 Å². The Morgan fingerprint density at radius 1 is 1.44 bits per heavy atom. The normalized spacial score (nSPS) is 35.4. The molecule has 2 aliphatic rings. The van der Waals surface area contributed by atoms with E-state index in [2.05, 4.69) is 0 Å². The molecule has 0 amide bonds. The lowest BCUT2D eigenvalue weighted by molar-refractivity contribution is -0.160. The third-order valence-electron chi connectivity index (χ3n) is 4.01. The number of carbonyl (C=O) groups is 3. The Bertz CT molecular complexity index is 389. The molecule has 2 fully saturated rings. The van der Waals surface area contributed by atoms with Gasteiger partial charge in [0.1, 0.15) is 17.1 Å². The molecular weight excluding hydrogens is 236 g/mol. The number of esters is 1. The molecule has 2 aliphatic carbocycles. The van der Waals surface area contributed by atoms with Crippen LogP contribution in [0.15, 0.2) is 0 Å². The van der Waals surface area contributed by atoms with Gasteiger partial charge in [-0.3, -0.25) is 14.4 Å². The molecule has 2 saturated carbocycles. The Morgan fingerprint density at radius 2 is 2.17 bits per heavy atom. The first kappa shape index (κ1) is 13.2. The van der Waals surface area contributed by atoms with Crippen molar-refractivity contribution in [1.82, 2.24) is 0 Å². The number of ether oxygens (including phenoxy) is 2. The molecule has 2 rings (SSSR count). The van der Waals surface area contributed by atoms with E-state index in [0.29, 0.717) is 19.3 Å². The predicted octanol–water partition coefficient (Wildman–Crippen LogP) is 0.893. The van der Waals surface area contributed by atoms with Gasteiger partial charge >= 0.3 is 5.97 Å². The van der Waals surface area contributed by atoms with Gasteiger partial charge in [0.15, 0.2) is 5.78 Å². The van der Waals surface area contributed by atoms with Crippen LogP contribution < -0.4 is 0 Å². The molecular formula is C13H18O5. The van der Waals surface area contributed by atoms with E-state index in [4.69, 9.17) is 9.47 Å². The van der Waals surface area contributed by atoms with Crippen molar-refractivity contribution in [3.8, 4) is 0 Å². The average molecular weight is 254 g/mol. The van der Waals surface area contributed by atoms with Crippen LogP contribution in [0.1, 0.15) is 32.6 Å². The summed E-state index contributed by atoms with van der Waals surface area (Å²) in [6.45, 7) is 1.92. The molecule has 0 saturated heterocycles. The average Bonchev–Trinajstić information content (AvgIpc) is 2.49. The lowest BCUT2D eigenvalue weighted by atomic mass is 9.81. The molecule has 3 atom stereocenters.